The molecule has 0 aliphatic heterocycles. The number of aliphatic hydroxyl groups excluding tert-OH is 1. The van der Waals surface area contributed by atoms with Crippen LogP contribution in [0.2, 0.25) is 0 Å². The third-order valence-corrected chi connectivity index (χ3v) is 7.17. The Kier molecular flexibility index (Phi) is 9.79. The van der Waals surface area contributed by atoms with E-state index in [4.69, 9.17) is 23.2 Å². The van der Waals surface area contributed by atoms with Gasteiger partial charge in [-0.25, -0.2) is 19.6 Å². The van der Waals surface area contributed by atoms with Gasteiger partial charge in [0, 0.05) is 27.4 Å². The van der Waals surface area contributed by atoms with Crippen molar-refractivity contribution >= 4 is 29.1 Å². The molecule has 3 rings (SSSR count). The van der Waals surface area contributed by atoms with E-state index < -0.39 is 18.6 Å². The summed E-state index contributed by atoms with van der Waals surface area (Å²) in [5.74, 6) is 6.71. The highest BCUT2D eigenvalue weighted by Crippen LogP contribution is 2.37. The van der Waals surface area contributed by atoms with Gasteiger partial charge in [-0.2, -0.15) is 0 Å². The van der Waals surface area contributed by atoms with Gasteiger partial charge in [0.2, 0.25) is 0 Å². The Labute approximate surface area is 236 Å². The number of rotatable bonds is 10. The fraction of sp³-hybridized carbons (Fsp3) is 0.207. The first-order valence-corrected chi connectivity index (χ1v) is 13.6. The molecule has 0 spiro atoms. The van der Waals surface area contributed by atoms with E-state index in [9.17, 15) is 13.9 Å². The normalized spacial score (nSPS) is 12.7. The number of nitrogens with zero attached hydrogens (tertiary/aromatic N) is 3. The minimum Gasteiger partial charge on any atom is -0.403 e. The maximum atomic E-state index is 14.9. The lowest BCUT2D eigenvalue weighted by atomic mass is 10.0. The Morgan fingerprint density at radius 2 is 1.92 bits per heavy atom. The summed E-state index contributed by atoms with van der Waals surface area (Å²) >= 11 is 7.21. The number of thioether (sulfide) groups is 1. The van der Waals surface area contributed by atoms with Crippen LogP contribution in [0.3, 0.4) is 0 Å². The Morgan fingerprint density at radius 1 is 1.23 bits per heavy atom. The minimum absolute atomic E-state index is 0.235. The number of aromatic nitrogens is 2. The van der Waals surface area contributed by atoms with E-state index >= 15 is 0 Å². The number of hydrazine groups is 1. The van der Waals surface area contributed by atoms with Crippen LogP contribution in [0.4, 0.5) is 14.5 Å². The molecule has 6 nitrogen and oxygen atoms in total. The van der Waals surface area contributed by atoms with Gasteiger partial charge in [-0.3, -0.25) is 9.58 Å². The van der Waals surface area contributed by atoms with E-state index in [2.05, 4.69) is 18.1 Å². The van der Waals surface area contributed by atoms with Crippen LogP contribution >= 0.6 is 23.4 Å². The molecule has 1 unspecified atom stereocenters. The summed E-state index contributed by atoms with van der Waals surface area (Å²) in [4.78, 5) is 5.05. The number of hydrogen-bond acceptors (Lipinski definition) is 6. The average molecular weight is 572 g/mol. The summed E-state index contributed by atoms with van der Waals surface area (Å²) in [6, 6.07) is 8.59. The van der Waals surface area contributed by atoms with Crippen molar-refractivity contribution in [1.82, 2.24) is 9.55 Å². The van der Waals surface area contributed by atoms with Gasteiger partial charge in [0.1, 0.15) is 17.8 Å². The van der Waals surface area contributed by atoms with Gasteiger partial charge in [0.25, 0.3) is 0 Å². The number of benzene rings is 2. The van der Waals surface area contributed by atoms with Gasteiger partial charge in [0.05, 0.1) is 29.4 Å². The van der Waals surface area contributed by atoms with Crippen molar-refractivity contribution in [2.75, 3.05) is 11.3 Å². The van der Waals surface area contributed by atoms with Crippen LogP contribution in [0.1, 0.15) is 35.9 Å². The summed E-state index contributed by atoms with van der Waals surface area (Å²) in [6.45, 7) is 12.3. The van der Waals surface area contributed by atoms with E-state index in [1.165, 1.54) is 36.0 Å². The lowest BCUT2D eigenvalue weighted by molar-refractivity contribution is 0.272. The van der Waals surface area contributed by atoms with E-state index in [0.29, 0.717) is 60.9 Å². The lowest BCUT2D eigenvalue weighted by Crippen LogP contribution is -2.32. The quantitative estimate of drug-likeness (QED) is 0.106. The number of hydrogen-bond donors (Lipinski definition) is 3. The Bertz CT molecular complexity index is 1480. The Hall–Kier alpha value is -3.37. The van der Waals surface area contributed by atoms with Crippen LogP contribution < -0.4 is 16.6 Å². The van der Waals surface area contributed by atoms with E-state index in [-0.39, 0.29) is 5.56 Å². The maximum absolute atomic E-state index is 14.9. The molecule has 39 heavy (non-hydrogen) atoms. The lowest BCUT2D eigenvalue weighted by Gasteiger charge is -2.26. The van der Waals surface area contributed by atoms with Gasteiger partial charge >= 0.3 is 0 Å². The molecule has 0 aliphatic rings. The standard InChI is InChI=1S/C29H32ClF2N5OS/c1-16(7-8-17(2)30)27(14-33)37(34)26-12-21(22-11-24(32)23(15-38)28(13-22)39-6)9-10-25(26)36-19(4)29(18(3)31)35-20(36)5/h7-14,18,38H,1-2,15,33-34H2,3-6H3/b8-7-,27-14-. The van der Waals surface area contributed by atoms with Crippen LogP contribution in [-0.2, 0) is 6.61 Å². The second kappa shape index (κ2) is 12.7. The largest absolute Gasteiger partial charge is 0.403 e. The summed E-state index contributed by atoms with van der Waals surface area (Å²) in [5, 5.41) is 11.3. The predicted molar refractivity (Wildman–Crippen MR) is 158 cm³/mol. The summed E-state index contributed by atoms with van der Waals surface area (Å²) < 4.78 is 31.0. The van der Waals surface area contributed by atoms with Gasteiger partial charge in [-0.05, 0) is 74.1 Å². The van der Waals surface area contributed by atoms with Crippen LogP contribution in [0, 0.1) is 19.7 Å². The number of nitrogens with two attached hydrogens (primary N) is 2. The van der Waals surface area contributed by atoms with Gasteiger partial charge in [-0.1, -0.05) is 36.9 Å². The van der Waals surface area contributed by atoms with Crippen molar-refractivity contribution in [2.24, 2.45) is 11.6 Å². The van der Waals surface area contributed by atoms with E-state index in [1.54, 1.807) is 36.6 Å². The molecule has 0 saturated carbocycles. The highest BCUT2D eigenvalue weighted by atomic mass is 35.5. The van der Waals surface area contributed by atoms with Crippen LogP contribution in [0.5, 0.6) is 0 Å². The number of anilines is 1. The SMILES string of the molecule is C=C(Cl)/C=C\C(=C)/C(=C/N)N(N)c1cc(-c2cc(F)c(CO)c(SC)c2)ccc1-n1c(C)nc(C(C)F)c1C. The molecule has 1 atom stereocenters. The molecule has 0 radical (unpaired) electrons. The van der Waals surface area contributed by atoms with Crippen molar-refractivity contribution in [3.63, 3.8) is 0 Å². The highest BCUT2D eigenvalue weighted by molar-refractivity contribution is 7.98. The molecule has 1 heterocycles. The third kappa shape index (κ3) is 6.28. The number of aliphatic hydroxyl groups is 1. The zero-order valence-electron chi connectivity index (χ0n) is 22.3. The van der Waals surface area contributed by atoms with Crippen molar-refractivity contribution in [3.05, 3.63) is 107 Å². The Morgan fingerprint density at radius 3 is 2.46 bits per heavy atom. The Balaban J connectivity index is 2.29. The van der Waals surface area contributed by atoms with Crippen LogP contribution in [0.25, 0.3) is 16.8 Å². The first kappa shape index (κ1) is 30.2. The molecule has 1 aromatic heterocycles. The summed E-state index contributed by atoms with van der Waals surface area (Å²) in [7, 11) is 0. The fourth-order valence-electron chi connectivity index (χ4n) is 4.34. The van der Waals surface area contributed by atoms with E-state index in [1.807, 2.05) is 24.5 Å². The third-order valence-electron chi connectivity index (χ3n) is 6.24. The van der Waals surface area contributed by atoms with Crippen molar-refractivity contribution in [2.45, 2.75) is 38.4 Å². The van der Waals surface area contributed by atoms with Crippen LogP contribution in [0.15, 0.2) is 83.0 Å². The summed E-state index contributed by atoms with van der Waals surface area (Å²) in [5.41, 5.74) is 10.3. The molecule has 0 fully saturated rings. The van der Waals surface area contributed by atoms with Gasteiger partial charge in [0.15, 0.2) is 0 Å². The van der Waals surface area contributed by atoms with Crippen LogP contribution in [-0.4, -0.2) is 20.9 Å². The second-order valence-corrected chi connectivity index (χ2v) is 10.1. The smallest absolute Gasteiger partial charge is 0.141 e. The molecule has 206 valence electrons. The number of aryl methyl sites for hydroxylation is 1. The molecule has 0 aliphatic carbocycles. The maximum Gasteiger partial charge on any atom is 0.141 e. The first-order valence-electron chi connectivity index (χ1n) is 12.0. The predicted octanol–water partition coefficient (Wildman–Crippen LogP) is 6.89. The molecule has 0 amide bonds. The minimum atomic E-state index is -1.27. The molecule has 2 aromatic carbocycles. The van der Waals surface area contributed by atoms with Gasteiger partial charge < -0.3 is 10.8 Å². The molecule has 5 N–H and O–H groups in total. The zero-order chi connectivity index (χ0) is 29.0. The molecular weight excluding hydrogens is 540 g/mol. The topological polar surface area (TPSA) is 93.3 Å². The zero-order valence-corrected chi connectivity index (χ0v) is 23.9. The van der Waals surface area contributed by atoms with Gasteiger partial charge in [-0.15, -0.1) is 11.8 Å². The average Bonchev–Trinajstić information content (AvgIpc) is 3.20. The number of alkyl halides is 1. The molecular formula is C29H32ClF2N5OS. The highest BCUT2D eigenvalue weighted by Gasteiger charge is 2.23. The molecule has 10 heteroatoms. The monoisotopic (exact) mass is 571 g/mol. The second-order valence-electron chi connectivity index (χ2n) is 8.81. The molecule has 0 bridgehead atoms. The molecule has 3 aromatic rings. The number of allylic oxidation sites excluding steroid dienone is 3. The first-order chi connectivity index (χ1) is 18.4. The van der Waals surface area contributed by atoms with Crippen molar-refractivity contribution < 1.29 is 13.9 Å². The fourth-order valence-corrected chi connectivity index (χ4v) is 5.06. The number of imidazole rings is 1. The van der Waals surface area contributed by atoms with Crippen molar-refractivity contribution in [3.8, 4) is 16.8 Å². The number of halogens is 3. The molecule has 0 saturated heterocycles. The van der Waals surface area contributed by atoms with E-state index in [0.717, 1.165) is 0 Å². The summed E-state index contributed by atoms with van der Waals surface area (Å²) in [6.07, 6.45) is 5.04. The van der Waals surface area contributed by atoms with Crippen molar-refractivity contribution in [1.29, 1.82) is 0 Å².